The van der Waals surface area contributed by atoms with Crippen LogP contribution < -0.4 is 10.7 Å². The number of hydrazone groups is 1. The van der Waals surface area contributed by atoms with E-state index in [0.29, 0.717) is 31.4 Å². The Morgan fingerprint density at radius 3 is 2.73 bits per heavy atom. The molecule has 0 saturated heterocycles. The summed E-state index contributed by atoms with van der Waals surface area (Å²) < 4.78 is 0. The number of carbonyl (C=O) groups excluding carboxylic acids is 1. The number of benzene rings is 2. The number of phenolic OH excluding ortho intramolecular Hbond substituents is 1. The zero-order valence-electron chi connectivity index (χ0n) is 15.0. The van der Waals surface area contributed by atoms with Crippen molar-refractivity contribution in [3.8, 4) is 5.75 Å². The number of aromatic hydroxyl groups is 1. The van der Waals surface area contributed by atoms with E-state index in [2.05, 4.69) is 22.4 Å². The summed E-state index contributed by atoms with van der Waals surface area (Å²) in [7, 11) is 0. The lowest BCUT2D eigenvalue weighted by atomic mass is 10.1. The number of hydrogen-bond donors (Lipinski definition) is 3. The molecular formula is C21H25N3O2. The molecule has 26 heavy (non-hydrogen) atoms. The first kappa shape index (κ1) is 19.2. The largest absolute Gasteiger partial charge is 0.507 e. The van der Waals surface area contributed by atoms with Gasteiger partial charge >= 0.3 is 0 Å². The Balaban J connectivity index is 1.73. The molecule has 0 saturated carbocycles. The summed E-state index contributed by atoms with van der Waals surface area (Å²) in [5, 5.41) is 17.3. The highest BCUT2D eigenvalue weighted by Crippen LogP contribution is 2.21. The number of amides is 1. The van der Waals surface area contributed by atoms with Gasteiger partial charge in [0.1, 0.15) is 5.75 Å². The molecule has 0 aliphatic heterocycles. The molecule has 2 rings (SSSR count). The zero-order valence-corrected chi connectivity index (χ0v) is 15.0. The molecule has 0 spiro atoms. The fourth-order valence-corrected chi connectivity index (χ4v) is 2.42. The second-order valence-corrected chi connectivity index (χ2v) is 6.04. The third-order valence-electron chi connectivity index (χ3n) is 3.87. The van der Waals surface area contributed by atoms with Crippen molar-refractivity contribution >= 4 is 17.8 Å². The predicted molar refractivity (Wildman–Crippen MR) is 107 cm³/mol. The maximum absolute atomic E-state index is 11.8. The quantitative estimate of drug-likeness (QED) is 0.279. The molecule has 1 amide bonds. The third-order valence-corrected chi connectivity index (χ3v) is 3.87. The molecule has 5 heteroatoms. The second-order valence-electron chi connectivity index (χ2n) is 6.04. The smallest absolute Gasteiger partial charge is 0.240 e. The van der Waals surface area contributed by atoms with Gasteiger partial charge < -0.3 is 10.4 Å². The van der Waals surface area contributed by atoms with E-state index in [0.717, 1.165) is 11.3 Å². The fraction of sp³-hybridized carbons (Fsp3) is 0.238. The van der Waals surface area contributed by atoms with Gasteiger partial charge in [0.2, 0.25) is 5.91 Å². The Kier molecular flexibility index (Phi) is 7.43. The number of nitrogens with one attached hydrogen (secondary N) is 2. The highest BCUT2D eigenvalue weighted by molar-refractivity contribution is 5.85. The van der Waals surface area contributed by atoms with Crippen LogP contribution in [0, 0.1) is 6.92 Å². The van der Waals surface area contributed by atoms with Gasteiger partial charge in [-0.1, -0.05) is 35.9 Å². The Morgan fingerprint density at radius 2 is 2.00 bits per heavy atom. The van der Waals surface area contributed by atoms with E-state index in [9.17, 15) is 9.90 Å². The number of rotatable bonds is 9. The lowest BCUT2D eigenvalue weighted by Gasteiger charge is -2.06. The van der Waals surface area contributed by atoms with Crippen molar-refractivity contribution in [3.63, 3.8) is 0 Å². The lowest BCUT2D eigenvalue weighted by molar-refractivity contribution is -0.121. The molecule has 0 aromatic heterocycles. The van der Waals surface area contributed by atoms with Crippen LogP contribution in [0.4, 0.5) is 5.69 Å². The summed E-state index contributed by atoms with van der Waals surface area (Å²) in [5.74, 6) is 0.00129. The molecule has 0 aliphatic carbocycles. The molecule has 5 nitrogen and oxygen atoms in total. The normalized spacial score (nSPS) is 10.7. The Morgan fingerprint density at radius 1 is 1.23 bits per heavy atom. The van der Waals surface area contributed by atoms with Crippen LogP contribution in [0.2, 0.25) is 0 Å². The SMILES string of the molecule is C=CCc1cccc(C=NNC(=O)CCCNc2ccc(C)cc2)c1O. The van der Waals surface area contributed by atoms with Crippen molar-refractivity contribution in [2.75, 3.05) is 11.9 Å². The Labute approximate surface area is 154 Å². The summed E-state index contributed by atoms with van der Waals surface area (Å²) in [4.78, 5) is 11.8. The maximum Gasteiger partial charge on any atom is 0.240 e. The first-order chi connectivity index (χ1) is 12.6. The van der Waals surface area contributed by atoms with Crippen molar-refractivity contribution in [1.29, 1.82) is 0 Å². The van der Waals surface area contributed by atoms with Gasteiger partial charge in [0, 0.05) is 24.2 Å². The molecular weight excluding hydrogens is 326 g/mol. The number of para-hydroxylation sites is 1. The van der Waals surface area contributed by atoms with Crippen LogP contribution in [0.3, 0.4) is 0 Å². The van der Waals surface area contributed by atoms with Gasteiger partial charge in [-0.15, -0.1) is 6.58 Å². The minimum absolute atomic E-state index is 0.159. The van der Waals surface area contributed by atoms with Crippen LogP contribution in [-0.2, 0) is 11.2 Å². The molecule has 0 unspecified atom stereocenters. The molecule has 3 N–H and O–H groups in total. The average molecular weight is 351 g/mol. The van der Waals surface area contributed by atoms with Crippen molar-refractivity contribution in [3.05, 3.63) is 71.8 Å². The number of anilines is 1. The summed E-state index contributed by atoms with van der Waals surface area (Å²) in [6, 6.07) is 13.5. The van der Waals surface area contributed by atoms with E-state index in [4.69, 9.17) is 0 Å². The van der Waals surface area contributed by atoms with Gasteiger partial charge in [-0.2, -0.15) is 5.10 Å². The molecule has 136 valence electrons. The Hall–Kier alpha value is -3.08. The summed E-state index contributed by atoms with van der Waals surface area (Å²) >= 11 is 0. The predicted octanol–water partition coefficient (Wildman–Crippen LogP) is 3.77. The van der Waals surface area contributed by atoms with Gasteiger partial charge in [0.15, 0.2) is 0 Å². The molecule has 2 aromatic rings. The first-order valence-electron chi connectivity index (χ1n) is 8.64. The Bertz CT molecular complexity index is 767. The van der Waals surface area contributed by atoms with Crippen LogP contribution in [0.1, 0.15) is 29.5 Å². The van der Waals surface area contributed by atoms with Gasteiger partial charge in [0.25, 0.3) is 0 Å². The van der Waals surface area contributed by atoms with E-state index in [1.54, 1.807) is 12.1 Å². The van der Waals surface area contributed by atoms with Crippen LogP contribution in [0.25, 0.3) is 0 Å². The van der Waals surface area contributed by atoms with E-state index in [-0.39, 0.29) is 11.7 Å². The minimum Gasteiger partial charge on any atom is -0.507 e. The van der Waals surface area contributed by atoms with Crippen molar-refractivity contribution in [2.24, 2.45) is 5.10 Å². The highest BCUT2D eigenvalue weighted by atomic mass is 16.3. The number of allylic oxidation sites excluding steroid dienone is 1. The van der Waals surface area contributed by atoms with Gasteiger partial charge in [-0.3, -0.25) is 4.79 Å². The third kappa shape index (κ3) is 6.09. The number of phenols is 1. The number of nitrogens with zero attached hydrogens (tertiary/aromatic N) is 1. The second kappa shape index (κ2) is 10.0. The van der Waals surface area contributed by atoms with Crippen LogP contribution in [0.5, 0.6) is 5.75 Å². The van der Waals surface area contributed by atoms with Gasteiger partial charge in [-0.05, 0) is 43.5 Å². The standard InChI is InChI=1S/C21H25N3O2/c1-3-6-17-7-4-8-18(21(17)26)15-23-24-20(25)9-5-14-22-19-12-10-16(2)11-13-19/h3-4,7-8,10-13,15,22,26H,1,5-6,9,14H2,2H3,(H,24,25). The number of hydrogen-bond acceptors (Lipinski definition) is 4. The van der Waals surface area contributed by atoms with Gasteiger partial charge in [-0.25, -0.2) is 5.43 Å². The summed E-state index contributed by atoms with van der Waals surface area (Å²) in [5.41, 5.74) is 6.09. The fourth-order valence-electron chi connectivity index (χ4n) is 2.42. The number of aryl methyl sites for hydroxylation is 1. The maximum atomic E-state index is 11.8. The van der Waals surface area contributed by atoms with E-state index in [1.807, 2.05) is 43.3 Å². The van der Waals surface area contributed by atoms with Crippen molar-refractivity contribution in [2.45, 2.75) is 26.2 Å². The molecule has 0 aliphatic rings. The zero-order chi connectivity index (χ0) is 18.8. The molecule has 0 atom stereocenters. The van der Waals surface area contributed by atoms with Crippen molar-refractivity contribution in [1.82, 2.24) is 5.43 Å². The van der Waals surface area contributed by atoms with Crippen LogP contribution in [-0.4, -0.2) is 23.8 Å². The number of carbonyl (C=O) groups is 1. The van der Waals surface area contributed by atoms with Crippen molar-refractivity contribution < 1.29 is 9.90 Å². The minimum atomic E-state index is -0.159. The molecule has 0 fully saturated rings. The lowest BCUT2D eigenvalue weighted by Crippen LogP contribution is -2.18. The molecule has 0 bridgehead atoms. The molecule has 0 heterocycles. The van der Waals surface area contributed by atoms with Crippen LogP contribution >= 0.6 is 0 Å². The summed E-state index contributed by atoms with van der Waals surface area (Å²) in [6.45, 7) is 6.42. The molecule has 0 radical (unpaired) electrons. The molecule has 2 aromatic carbocycles. The topological polar surface area (TPSA) is 73.7 Å². The van der Waals surface area contributed by atoms with Gasteiger partial charge in [0.05, 0.1) is 6.21 Å². The summed E-state index contributed by atoms with van der Waals surface area (Å²) in [6.07, 6.45) is 4.83. The highest BCUT2D eigenvalue weighted by Gasteiger charge is 2.04. The van der Waals surface area contributed by atoms with E-state index in [1.165, 1.54) is 11.8 Å². The van der Waals surface area contributed by atoms with Crippen LogP contribution in [0.15, 0.2) is 60.2 Å². The van der Waals surface area contributed by atoms with E-state index < -0.39 is 0 Å². The average Bonchev–Trinajstić information content (AvgIpc) is 2.63. The monoisotopic (exact) mass is 351 g/mol. The van der Waals surface area contributed by atoms with E-state index >= 15 is 0 Å². The first-order valence-corrected chi connectivity index (χ1v) is 8.64.